The van der Waals surface area contributed by atoms with Crippen molar-refractivity contribution in [2.45, 2.75) is 71.5 Å². The van der Waals surface area contributed by atoms with Crippen molar-refractivity contribution in [3.63, 3.8) is 0 Å². The number of nitrogens with one attached hydrogen (secondary N) is 1. The van der Waals surface area contributed by atoms with Crippen LogP contribution in [0.25, 0.3) is 0 Å². The van der Waals surface area contributed by atoms with Gasteiger partial charge in [-0.05, 0) is 44.7 Å². The van der Waals surface area contributed by atoms with Gasteiger partial charge in [-0.2, -0.15) is 0 Å². The number of carbonyl (C=O) groups is 1. The molecule has 0 aromatic carbocycles. The number of hydrogen-bond donors (Lipinski definition) is 2. The fourth-order valence-electron chi connectivity index (χ4n) is 3.98. The summed E-state index contributed by atoms with van der Waals surface area (Å²) < 4.78 is 1.33. The third-order valence-corrected chi connectivity index (χ3v) is 5.91. The highest BCUT2D eigenvalue weighted by atomic mass is 16.2. The molecule has 174 valence electrons. The van der Waals surface area contributed by atoms with Crippen molar-refractivity contribution < 1.29 is 4.79 Å². The molecule has 9 heteroatoms. The van der Waals surface area contributed by atoms with Crippen molar-refractivity contribution >= 4 is 17.4 Å². The van der Waals surface area contributed by atoms with Crippen LogP contribution in [0.1, 0.15) is 64.6 Å². The first kappa shape index (κ1) is 23.7. The molecule has 1 fully saturated rings. The van der Waals surface area contributed by atoms with E-state index in [-0.39, 0.29) is 30.0 Å². The quantitative estimate of drug-likeness (QED) is 0.551. The van der Waals surface area contributed by atoms with Gasteiger partial charge in [-0.1, -0.05) is 26.3 Å². The molecule has 1 saturated carbocycles. The summed E-state index contributed by atoms with van der Waals surface area (Å²) in [5.74, 6) is -0.159. The molecule has 1 aliphatic rings. The number of hydrogen-bond acceptors (Lipinski definition) is 6. The molecule has 1 aliphatic carbocycles. The van der Waals surface area contributed by atoms with Gasteiger partial charge in [-0.25, -0.2) is 4.79 Å². The second-order valence-corrected chi connectivity index (χ2v) is 8.38. The highest BCUT2D eigenvalue weighted by molar-refractivity contribution is 5.96. The maximum Gasteiger partial charge on any atom is 0.330 e. The normalized spacial score (nSPS) is 14.5. The van der Waals surface area contributed by atoms with Gasteiger partial charge in [0.15, 0.2) is 5.69 Å². The number of nitrogens with two attached hydrogens (primary N) is 1. The molecule has 1 unspecified atom stereocenters. The van der Waals surface area contributed by atoms with E-state index >= 15 is 0 Å². The summed E-state index contributed by atoms with van der Waals surface area (Å²) in [6.07, 6.45) is 6.07. The molecule has 0 aliphatic heterocycles. The highest BCUT2D eigenvalue weighted by Crippen LogP contribution is 2.34. The predicted octanol–water partition coefficient (Wildman–Crippen LogP) is 2.28. The van der Waals surface area contributed by atoms with E-state index in [0.717, 1.165) is 31.4 Å². The summed E-state index contributed by atoms with van der Waals surface area (Å²) in [7, 11) is 0. The molecule has 2 aromatic rings. The minimum absolute atomic E-state index is 0.0367. The van der Waals surface area contributed by atoms with Crippen LogP contribution < -0.4 is 21.9 Å². The van der Waals surface area contributed by atoms with Crippen LogP contribution in [0, 0.1) is 0 Å². The van der Waals surface area contributed by atoms with Gasteiger partial charge in [-0.3, -0.25) is 29.0 Å². The Hall–Kier alpha value is -2.94. The summed E-state index contributed by atoms with van der Waals surface area (Å²) in [4.78, 5) is 48.9. The third kappa shape index (κ3) is 5.27. The molecule has 1 amide bonds. The molecule has 2 heterocycles. The SMILES string of the molecule is CCCCN(C(=O)CN(C1CC1)C(C)c1ccccn1)c1c(N)n(CCC)c(=O)[nH]c1=O. The number of nitrogens with zero attached hydrogens (tertiary/aromatic N) is 4. The zero-order valence-corrected chi connectivity index (χ0v) is 19.2. The Morgan fingerprint density at radius 1 is 1.28 bits per heavy atom. The lowest BCUT2D eigenvalue weighted by molar-refractivity contribution is -0.120. The van der Waals surface area contributed by atoms with Gasteiger partial charge in [0, 0.05) is 25.3 Å². The molecule has 0 spiro atoms. The van der Waals surface area contributed by atoms with Crippen molar-refractivity contribution in [1.82, 2.24) is 19.4 Å². The van der Waals surface area contributed by atoms with Gasteiger partial charge in [-0.15, -0.1) is 0 Å². The van der Waals surface area contributed by atoms with Crippen LogP contribution in [0.15, 0.2) is 34.0 Å². The van der Waals surface area contributed by atoms with Crippen LogP contribution in [-0.2, 0) is 11.3 Å². The molecule has 0 bridgehead atoms. The Morgan fingerprint density at radius 2 is 2.03 bits per heavy atom. The average Bonchev–Trinajstić information content (AvgIpc) is 3.62. The summed E-state index contributed by atoms with van der Waals surface area (Å²) >= 11 is 0. The molecule has 1 atom stereocenters. The largest absolute Gasteiger partial charge is 0.383 e. The number of rotatable bonds is 11. The number of unbranched alkanes of at least 4 members (excludes halogenated alkanes) is 1. The van der Waals surface area contributed by atoms with Gasteiger partial charge >= 0.3 is 5.69 Å². The smallest absolute Gasteiger partial charge is 0.330 e. The highest BCUT2D eigenvalue weighted by Gasteiger charge is 2.36. The first-order valence-electron chi connectivity index (χ1n) is 11.5. The first-order chi connectivity index (χ1) is 15.4. The standard InChI is InChI=1S/C23H34N6O3/c1-4-6-14-27(20-21(24)28(13-5-2)23(32)26-22(20)31)19(30)15-29(17-10-11-17)16(3)18-9-7-8-12-25-18/h7-9,12,16-17H,4-6,10-11,13-15,24H2,1-3H3,(H,26,31,32). The van der Waals surface area contributed by atoms with Crippen molar-refractivity contribution in [2.24, 2.45) is 0 Å². The van der Waals surface area contributed by atoms with Gasteiger partial charge in [0.2, 0.25) is 5.91 Å². The number of carbonyl (C=O) groups excluding carboxylic acids is 1. The van der Waals surface area contributed by atoms with Crippen molar-refractivity contribution in [2.75, 3.05) is 23.7 Å². The minimum Gasteiger partial charge on any atom is -0.383 e. The maximum atomic E-state index is 13.6. The molecule has 32 heavy (non-hydrogen) atoms. The topological polar surface area (TPSA) is 117 Å². The Labute approximate surface area is 188 Å². The molecule has 3 rings (SSSR count). The lowest BCUT2D eigenvalue weighted by atomic mass is 10.1. The van der Waals surface area contributed by atoms with Crippen molar-refractivity contribution in [3.8, 4) is 0 Å². The summed E-state index contributed by atoms with van der Waals surface area (Å²) in [6, 6.07) is 6.05. The van der Waals surface area contributed by atoms with E-state index < -0.39 is 11.2 Å². The fraction of sp³-hybridized carbons (Fsp3) is 0.565. The van der Waals surface area contributed by atoms with Crippen LogP contribution in [0.3, 0.4) is 0 Å². The number of aromatic nitrogens is 3. The van der Waals surface area contributed by atoms with Crippen LogP contribution in [0.5, 0.6) is 0 Å². The summed E-state index contributed by atoms with van der Waals surface area (Å²) in [6.45, 7) is 6.88. The van der Waals surface area contributed by atoms with Gasteiger partial charge in [0.1, 0.15) is 5.82 Å². The second kappa shape index (κ2) is 10.6. The lowest BCUT2D eigenvalue weighted by Crippen LogP contribution is -2.46. The summed E-state index contributed by atoms with van der Waals surface area (Å²) in [5.41, 5.74) is 6.06. The number of pyridine rings is 1. The Bertz CT molecular complexity index is 1030. The van der Waals surface area contributed by atoms with Crippen molar-refractivity contribution in [3.05, 3.63) is 50.9 Å². The van der Waals surface area contributed by atoms with E-state index in [9.17, 15) is 14.4 Å². The number of anilines is 2. The zero-order chi connectivity index (χ0) is 23.3. The van der Waals surface area contributed by atoms with Crippen LogP contribution in [0.2, 0.25) is 0 Å². The number of nitrogen functional groups attached to an aromatic ring is 1. The van der Waals surface area contributed by atoms with E-state index in [1.165, 1.54) is 9.47 Å². The number of H-pyrrole nitrogens is 1. The molecular weight excluding hydrogens is 408 g/mol. The zero-order valence-electron chi connectivity index (χ0n) is 19.2. The van der Waals surface area contributed by atoms with Crippen molar-refractivity contribution in [1.29, 1.82) is 0 Å². The molecule has 0 saturated heterocycles. The van der Waals surface area contributed by atoms with Crippen LogP contribution >= 0.6 is 0 Å². The molecule has 9 nitrogen and oxygen atoms in total. The van der Waals surface area contributed by atoms with Gasteiger partial charge in [0.05, 0.1) is 18.3 Å². The number of amides is 1. The molecule has 2 aromatic heterocycles. The fourth-order valence-corrected chi connectivity index (χ4v) is 3.98. The van der Waals surface area contributed by atoms with E-state index in [1.807, 2.05) is 39.0 Å². The van der Waals surface area contributed by atoms with E-state index in [4.69, 9.17) is 5.73 Å². The van der Waals surface area contributed by atoms with E-state index in [2.05, 4.69) is 14.9 Å². The molecule has 0 radical (unpaired) electrons. The molecular formula is C23H34N6O3. The Morgan fingerprint density at radius 3 is 2.62 bits per heavy atom. The third-order valence-electron chi connectivity index (χ3n) is 5.91. The summed E-state index contributed by atoms with van der Waals surface area (Å²) in [5, 5.41) is 0. The van der Waals surface area contributed by atoms with Gasteiger partial charge in [0.25, 0.3) is 5.56 Å². The van der Waals surface area contributed by atoms with Crippen LogP contribution in [-0.4, -0.2) is 44.5 Å². The predicted molar refractivity (Wildman–Crippen MR) is 126 cm³/mol. The van der Waals surface area contributed by atoms with Gasteiger partial charge < -0.3 is 10.6 Å². The van der Waals surface area contributed by atoms with E-state index in [1.54, 1.807) is 6.20 Å². The Balaban J connectivity index is 1.94. The first-order valence-corrected chi connectivity index (χ1v) is 11.5. The monoisotopic (exact) mass is 442 g/mol. The maximum absolute atomic E-state index is 13.6. The Kier molecular flexibility index (Phi) is 7.84. The lowest BCUT2D eigenvalue weighted by Gasteiger charge is -2.31. The average molecular weight is 443 g/mol. The molecule has 3 N–H and O–H groups in total. The second-order valence-electron chi connectivity index (χ2n) is 8.38. The minimum atomic E-state index is -0.625. The van der Waals surface area contributed by atoms with E-state index in [0.29, 0.717) is 25.6 Å². The number of aromatic amines is 1. The van der Waals surface area contributed by atoms with Crippen LogP contribution in [0.4, 0.5) is 11.5 Å².